The highest BCUT2D eigenvalue weighted by molar-refractivity contribution is 5.81. The molecule has 160 valence electrons. The molecule has 1 aliphatic rings. The van der Waals surface area contributed by atoms with Crippen LogP contribution in [-0.4, -0.2) is 43.7 Å². The van der Waals surface area contributed by atoms with Crippen LogP contribution in [0.3, 0.4) is 0 Å². The van der Waals surface area contributed by atoms with Gasteiger partial charge in [-0.15, -0.1) is 0 Å². The summed E-state index contributed by atoms with van der Waals surface area (Å²) < 4.78 is 11.2. The Bertz CT molecular complexity index is 946. The summed E-state index contributed by atoms with van der Waals surface area (Å²) in [6.07, 6.45) is 1.87. The van der Waals surface area contributed by atoms with Crippen molar-refractivity contribution in [3.05, 3.63) is 90.0 Å². The lowest BCUT2D eigenvalue weighted by molar-refractivity contribution is -0.118. The number of nitrogens with zero attached hydrogens (tertiary/aromatic N) is 1. The molecule has 0 N–H and O–H groups in total. The number of benzene rings is 3. The highest BCUT2D eigenvalue weighted by Gasteiger charge is 2.10. The number of carbonyl (C=O) groups is 1. The standard InChI is InChI=1S/C27H29NO3/c29-26(13-8-22-4-2-1-3-5-22)20-23-6-9-24(10-7-23)25-11-14-27(15-12-25)31-21-28-16-18-30-19-17-28/h1-7,9-12,14-15H,8,13,16-21H2. The Morgan fingerprint density at radius 2 is 1.45 bits per heavy atom. The highest BCUT2D eigenvalue weighted by Crippen LogP contribution is 2.23. The minimum Gasteiger partial charge on any atom is -0.478 e. The minimum absolute atomic E-state index is 0.276. The zero-order chi connectivity index (χ0) is 21.3. The summed E-state index contributed by atoms with van der Waals surface area (Å²) in [4.78, 5) is 14.6. The number of Topliss-reactive ketones (excluding diaryl/α,β-unsaturated/α-hetero) is 1. The van der Waals surface area contributed by atoms with E-state index in [4.69, 9.17) is 9.47 Å². The van der Waals surface area contributed by atoms with Gasteiger partial charge in [-0.25, -0.2) is 0 Å². The first-order valence-electron chi connectivity index (χ1n) is 10.9. The lowest BCUT2D eigenvalue weighted by Gasteiger charge is -2.26. The van der Waals surface area contributed by atoms with E-state index >= 15 is 0 Å². The molecule has 0 saturated carbocycles. The molecule has 1 aliphatic heterocycles. The van der Waals surface area contributed by atoms with E-state index in [0.717, 1.165) is 55.2 Å². The molecule has 1 fully saturated rings. The lowest BCUT2D eigenvalue weighted by Crippen LogP contribution is -2.38. The predicted octanol–water partition coefficient (Wildman–Crippen LogP) is 4.77. The molecule has 3 aromatic rings. The molecule has 3 aromatic carbocycles. The summed E-state index contributed by atoms with van der Waals surface area (Å²) in [7, 11) is 0. The van der Waals surface area contributed by atoms with E-state index in [-0.39, 0.29) is 5.78 Å². The third kappa shape index (κ3) is 6.51. The second-order valence-corrected chi connectivity index (χ2v) is 7.93. The smallest absolute Gasteiger partial charge is 0.142 e. The van der Waals surface area contributed by atoms with E-state index in [1.54, 1.807) is 0 Å². The first kappa shape index (κ1) is 21.3. The number of ketones is 1. The number of carbonyl (C=O) groups excluding carboxylic acids is 1. The maximum absolute atomic E-state index is 12.3. The Morgan fingerprint density at radius 1 is 0.806 bits per heavy atom. The highest BCUT2D eigenvalue weighted by atomic mass is 16.5. The number of hydrogen-bond donors (Lipinski definition) is 0. The van der Waals surface area contributed by atoms with Crippen molar-refractivity contribution in [1.82, 2.24) is 4.90 Å². The number of hydrogen-bond acceptors (Lipinski definition) is 4. The van der Waals surface area contributed by atoms with Gasteiger partial charge in [0.15, 0.2) is 0 Å². The molecule has 0 bridgehead atoms. The van der Waals surface area contributed by atoms with Crippen molar-refractivity contribution in [2.75, 3.05) is 33.0 Å². The molecule has 0 spiro atoms. The average molecular weight is 416 g/mol. The Labute approximate surface area is 184 Å². The Hall–Kier alpha value is -2.95. The molecule has 0 amide bonds. The summed E-state index contributed by atoms with van der Waals surface area (Å²) >= 11 is 0. The number of morpholine rings is 1. The van der Waals surface area contributed by atoms with Gasteiger partial charge in [-0.2, -0.15) is 0 Å². The van der Waals surface area contributed by atoms with Crippen LogP contribution in [0.25, 0.3) is 11.1 Å². The van der Waals surface area contributed by atoms with Crippen LogP contribution in [-0.2, 0) is 22.4 Å². The number of ether oxygens (including phenoxy) is 2. The molecule has 0 aliphatic carbocycles. The molecule has 0 radical (unpaired) electrons. The van der Waals surface area contributed by atoms with Gasteiger partial charge in [0, 0.05) is 25.9 Å². The van der Waals surface area contributed by atoms with Crippen molar-refractivity contribution in [2.45, 2.75) is 19.3 Å². The van der Waals surface area contributed by atoms with Gasteiger partial charge in [-0.1, -0.05) is 66.7 Å². The SMILES string of the molecule is O=C(CCc1ccccc1)Cc1ccc(-c2ccc(OCN3CCOCC3)cc2)cc1. The second-order valence-electron chi connectivity index (χ2n) is 7.93. The molecule has 1 saturated heterocycles. The van der Waals surface area contributed by atoms with Gasteiger partial charge >= 0.3 is 0 Å². The Morgan fingerprint density at radius 3 is 2.13 bits per heavy atom. The maximum Gasteiger partial charge on any atom is 0.142 e. The zero-order valence-electron chi connectivity index (χ0n) is 17.8. The molecule has 4 rings (SSSR count). The maximum atomic E-state index is 12.3. The first-order valence-corrected chi connectivity index (χ1v) is 10.9. The van der Waals surface area contributed by atoms with Crippen LogP contribution >= 0.6 is 0 Å². The summed E-state index contributed by atoms with van der Waals surface area (Å²) in [5.41, 5.74) is 4.55. The molecule has 31 heavy (non-hydrogen) atoms. The van der Waals surface area contributed by atoms with E-state index < -0.39 is 0 Å². The molecule has 0 atom stereocenters. The Kier molecular flexibility index (Phi) is 7.48. The molecule has 4 heteroatoms. The van der Waals surface area contributed by atoms with Gasteiger partial charge in [-0.3, -0.25) is 9.69 Å². The topological polar surface area (TPSA) is 38.8 Å². The fraction of sp³-hybridized carbons (Fsp3) is 0.296. The molecular weight excluding hydrogens is 386 g/mol. The van der Waals surface area contributed by atoms with Gasteiger partial charge in [0.05, 0.1) is 13.2 Å². The number of aryl methyl sites for hydroxylation is 1. The van der Waals surface area contributed by atoms with Crippen LogP contribution < -0.4 is 4.74 Å². The van der Waals surface area contributed by atoms with Crippen LogP contribution in [0.1, 0.15) is 17.5 Å². The van der Waals surface area contributed by atoms with Crippen molar-refractivity contribution >= 4 is 5.78 Å². The summed E-state index contributed by atoms with van der Waals surface area (Å²) in [6.45, 7) is 3.97. The first-order chi connectivity index (χ1) is 15.3. The second kappa shape index (κ2) is 10.9. The van der Waals surface area contributed by atoms with Crippen LogP contribution in [0.5, 0.6) is 5.75 Å². The fourth-order valence-corrected chi connectivity index (χ4v) is 3.70. The van der Waals surface area contributed by atoms with E-state index in [1.165, 1.54) is 5.56 Å². The molecule has 0 unspecified atom stereocenters. The summed E-state index contributed by atoms with van der Waals surface area (Å²) in [5, 5.41) is 0. The Balaban J connectivity index is 1.26. The van der Waals surface area contributed by atoms with Crippen LogP contribution in [0.15, 0.2) is 78.9 Å². The monoisotopic (exact) mass is 415 g/mol. The van der Waals surface area contributed by atoms with Gasteiger partial charge in [-0.05, 0) is 40.8 Å². The average Bonchev–Trinajstić information content (AvgIpc) is 2.84. The van der Waals surface area contributed by atoms with Crippen molar-refractivity contribution in [3.8, 4) is 16.9 Å². The van der Waals surface area contributed by atoms with Gasteiger partial charge < -0.3 is 9.47 Å². The lowest BCUT2D eigenvalue weighted by atomic mass is 9.99. The largest absolute Gasteiger partial charge is 0.478 e. The molecule has 4 nitrogen and oxygen atoms in total. The minimum atomic E-state index is 0.276. The molecular formula is C27H29NO3. The van der Waals surface area contributed by atoms with Crippen molar-refractivity contribution in [2.24, 2.45) is 0 Å². The van der Waals surface area contributed by atoms with Crippen LogP contribution in [0.4, 0.5) is 0 Å². The summed E-state index contributed by atoms with van der Waals surface area (Å²) in [6, 6.07) is 26.6. The van der Waals surface area contributed by atoms with Gasteiger partial charge in [0.25, 0.3) is 0 Å². The van der Waals surface area contributed by atoms with Crippen molar-refractivity contribution < 1.29 is 14.3 Å². The molecule has 1 heterocycles. The van der Waals surface area contributed by atoms with Crippen molar-refractivity contribution in [1.29, 1.82) is 0 Å². The zero-order valence-corrected chi connectivity index (χ0v) is 17.8. The summed E-state index contributed by atoms with van der Waals surface area (Å²) in [5.74, 6) is 1.15. The normalized spacial score (nSPS) is 14.3. The quantitative estimate of drug-likeness (QED) is 0.505. The van der Waals surface area contributed by atoms with Gasteiger partial charge in [0.1, 0.15) is 18.3 Å². The predicted molar refractivity (Wildman–Crippen MR) is 123 cm³/mol. The van der Waals surface area contributed by atoms with E-state index in [0.29, 0.717) is 19.6 Å². The number of rotatable bonds is 9. The van der Waals surface area contributed by atoms with E-state index in [1.807, 2.05) is 30.3 Å². The van der Waals surface area contributed by atoms with E-state index in [9.17, 15) is 4.79 Å². The third-order valence-electron chi connectivity index (χ3n) is 5.60. The van der Waals surface area contributed by atoms with Crippen LogP contribution in [0, 0.1) is 0 Å². The van der Waals surface area contributed by atoms with Crippen LogP contribution in [0.2, 0.25) is 0 Å². The third-order valence-corrected chi connectivity index (χ3v) is 5.60. The van der Waals surface area contributed by atoms with Gasteiger partial charge in [0.2, 0.25) is 0 Å². The fourth-order valence-electron chi connectivity index (χ4n) is 3.70. The molecule has 0 aromatic heterocycles. The van der Waals surface area contributed by atoms with E-state index in [2.05, 4.69) is 53.4 Å². The van der Waals surface area contributed by atoms with Crippen molar-refractivity contribution in [3.63, 3.8) is 0 Å².